The average molecular weight is 415 g/mol. The van der Waals surface area contributed by atoms with E-state index in [0.717, 1.165) is 63.3 Å². The van der Waals surface area contributed by atoms with Gasteiger partial charge in [-0.05, 0) is 55.5 Å². The second-order valence-electron chi connectivity index (χ2n) is 9.00. The molecule has 6 rings (SSSR count). The number of nitrogens with zero attached hydrogens (tertiary/aromatic N) is 4. The third kappa shape index (κ3) is 3.40. The van der Waals surface area contributed by atoms with Crippen molar-refractivity contribution in [2.75, 3.05) is 31.1 Å². The molecule has 3 fully saturated rings. The van der Waals surface area contributed by atoms with Crippen molar-refractivity contribution >= 4 is 11.6 Å². The van der Waals surface area contributed by atoms with Crippen LogP contribution in [0.1, 0.15) is 43.1 Å². The highest BCUT2D eigenvalue weighted by atomic mass is 16.5. The summed E-state index contributed by atoms with van der Waals surface area (Å²) in [7, 11) is 0. The molecule has 31 heavy (non-hydrogen) atoms. The maximum atomic E-state index is 13.3. The Morgan fingerprint density at radius 3 is 2.29 bits per heavy atom. The van der Waals surface area contributed by atoms with E-state index in [4.69, 9.17) is 4.52 Å². The van der Waals surface area contributed by atoms with Gasteiger partial charge in [-0.2, -0.15) is 4.98 Å². The molecule has 2 saturated carbocycles. The molecule has 0 atom stereocenters. The van der Waals surface area contributed by atoms with Crippen LogP contribution >= 0.6 is 0 Å². The van der Waals surface area contributed by atoms with Crippen LogP contribution in [0.2, 0.25) is 0 Å². The standard InChI is InChI=1S/C25H26N4O2/c30-24(25(12-13-25)20-4-2-1-3-5-20)29-16-14-28(15-17-29)21-10-8-18(9-11-21)22-26-23(31-27-22)19-6-7-19/h1-5,8-11,19H,6-7,12-17H2. The largest absolute Gasteiger partial charge is 0.368 e. The molecule has 1 amide bonds. The van der Waals surface area contributed by atoms with Crippen LogP contribution in [0, 0.1) is 0 Å². The predicted octanol–water partition coefficient (Wildman–Crippen LogP) is 3.99. The molecule has 2 aromatic carbocycles. The summed E-state index contributed by atoms with van der Waals surface area (Å²) in [6.45, 7) is 3.24. The van der Waals surface area contributed by atoms with E-state index in [1.165, 1.54) is 11.3 Å². The minimum Gasteiger partial charge on any atom is -0.368 e. The van der Waals surface area contributed by atoms with Crippen molar-refractivity contribution in [1.29, 1.82) is 0 Å². The van der Waals surface area contributed by atoms with Crippen molar-refractivity contribution in [3.63, 3.8) is 0 Å². The number of hydrogen-bond donors (Lipinski definition) is 0. The lowest BCUT2D eigenvalue weighted by atomic mass is 9.94. The minimum absolute atomic E-state index is 0.269. The lowest BCUT2D eigenvalue weighted by molar-refractivity contribution is -0.134. The molecular weight excluding hydrogens is 388 g/mol. The number of hydrogen-bond acceptors (Lipinski definition) is 5. The van der Waals surface area contributed by atoms with Crippen molar-refractivity contribution in [2.45, 2.75) is 37.0 Å². The molecule has 0 spiro atoms. The lowest BCUT2D eigenvalue weighted by Gasteiger charge is -2.38. The normalized spacial score (nSPS) is 20.0. The van der Waals surface area contributed by atoms with Gasteiger partial charge < -0.3 is 14.3 Å². The Kier molecular flexibility index (Phi) is 4.33. The van der Waals surface area contributed by atoms with Gasteiger partial charge in [0, 0.05) is 43.3 Å². The van der Waals surface area contributed by atoms with Crippen LogP contribution in [0.3, 0.4) is 0 Å². The molecule has 2 heterocycles. The maximum absolute atomic E-state index is 13.3. The first-order chi connectivity index (χ1) is 15.2. The maximum Gasteiger partial charge on any atom is 0.233 e. The van der Waals surface area contributed by atoms with Gasteiger partial charge in [-0.15, -0.1) is 0 Å². The molecular formula is C25H26N4O2. The summed E-state index contributed by atoms with van der Waals surface area (Å²) in [5.74, 6) is 2.21. The number of carbonyl (C=O) groups is 1. The molecule has 3 aliphatic rings. The fourth-order valence-electron chi connectivity index (χ4n) is 4.65. The molecule has 0 radical (unpaired) electrons. The molecule has 0 N–H and O–H groups in total. The van der Waals surface area contributed by atoms with E-state index >= 15 is 0 Å². The van der Waals surface area contributed by atoms with E-state index in [9.17, 15) is 4.79 Å². The predicted molar refractivity (Wildman–Crippen MR) is 118 cm³/mol. The van der Waals surface area contributed by atoms with Crippen LogP contribution in [-0.2, 0) is 10.2 Å². The molecule has 158 valence electrons. The SMILES string of the molecule is O=C(N1CCN(c2ccc(-c3noc(C4CC4)n3)cc2)CC1)C1(c2ccccc2)CC1. The Hall–Kier alpha value is -3.15. The first-order valence-corrected chi connectivity index (χ1v) is 11.3. The summed E-state index contributed by atoms with van der Waals surface area (Å²) in [4.78, 5) is 22.2. The first-order valence-electron chi connectivity index (χ1n) is 11.3. The Labute approximate surface area is 181 Å². The van der Waals surface area contributed by atoms with Crippen LogP contribution in [0.15, 0.2) is 59.1 Å². The van der Waals surface area contributed by atoms with E-state index in [0.29, 0.717) is 17.6 Å². The smallest absolute Gasteiger partial charge is 0.233 e. The van der Waals surface area contributed by atoms with Gasteiger partial charge in [0.2, 0.25) is 17.6 Å². The fraction of sp³-hybridized carbons (Fsp3) is 0.400. The highest BCUT2D eigenvalue weighted by Gasteiger charge is 2.53. The molecule has 2 aliphatic carbocycles. The molecule has 1 aliphatic heterocycles. The third-order valence-electron chi connectivity index (χ3n) is 6.91. The lowest BCUT2D eigenvalue weighted by Crippen LogP contribution is -2.51. The molecule has 1 aromatic heterocycles. The van der Waals surface area contributed by atoms with Gasteiger partial charge in [0.25, 0.3) is 0 Å². The number of carbonyl (C=O) groups excluding carboxylic acids is 1. The number of rotatable bonds is 5. The topological polar surface area (TPSA) is 62.5 Å². The van der Waals surface area contributed by atoms with Gasteiger partial charge in [-0.25, -0.2) is 0 Å². The number of anilines is 1. The van der Waals surface area contributed by atoms with Gasteiger partial charge in [-0.1, -0.05) is 35.5 Å². The summed E-state index contributed by atoms with van der Waals surface area (Å²) in [6, 6.07) is 18.6. The fourth-order valence-corrected chi connectivity index (χ4v) is 4.65. The van der Waals surface area contributed by atoms with Crippen molar-refractivity contribution in [1.82, 2.24) is 15.0 Å². The summed E-state index contributed by atoms with van der Waals surface area (Å²) in [6.07, 6.45) is 4.25. The van der Waals surface area contributed by atoms with Crippen LogP contribution in [0.5, 0.6) is 0 Å². The van der Waals surface area contributed by atoms with E-state index in [-0.39, 0.29) is 5.41 Å². The number of benzene rings is 2. The second kappa shape index (κ2) is 7.22. The highest BCUT2D eigenvalue weighted by molar-refractivity contribution is 5.91. The average Bonchev–Trinajstić information content (AvgIpc) is 3.78. The molecule has 0 bridgehead atoms. The van der Waals surface area contributed by atoms with Crippen LogP contribution in [0.4, 0.5) is 5.69 Å². The van der Waals surface area contributed by atoms with Crippen molar-refractivity contribution in [3.8, 4) is 11.4 Å². The van der Waals surface area contributed by atoms with Crippen LogP contribution in [0.25, 0.3) is 11.4 Å². The third-order valence-corrected chi connectivity index (χ3v) is 6.91. The monoisotopic (exact) mass is 414 g/mol. The van der Waals surface area contributed by atoms with Gasteiger partial charge in [0.05, 0.1) is 5.41 Å². The molecule has 3 aromatic rings. The Morgan fingerprint density at radius 1 is 0.935 bits per heavy atom. The van der Waals surface area contributed by atoms with E-state index < -0.39 is 0 Å². The second-order valence-corrected chi connectivity index (χ2v) is 9.00. The van der Waals surface area contributed by atoms with Gasteiger partial charge in [-0.3, -0.25) is 4.79 Å². The van der Waals surface area contributed by atoms with Crippen LogP contribution < -0.4 is 4.90 Å². The van der Waals surface area contributed by atoms with E-state index in [1.54, 1.807) is 0 Å². The van der Waals surface area contributed by atoms with Gasteiger partial charge in [0.15, 0.2) is 0 Å². The van der Waals surface area contributed by atoms with Gasteiger partial charge in [0.1, 0.15) is 0 Å². The number of aromatic nitrogens is 2. The highest BCUT2D eigenvalue weighted by Crippen LogP contribution is 2.49. The Balaban J connectivity index is 1.10. The number of piperazine rings is 1. The van der Waals surface area contributed by atoms with Crippen LogP contribution in [-0.4, -0.2) is 47.1 Å². The quantitative estimate of drug-likeness (QED) is 0.632. The van der Waals surface area contributed by atoms with Crippen molar-refractivity contribution < 1.29 is 9.32 Å². The summed E-state index contributed by atoms with van der Waals surface area (Å²) >= 11 is 0. The number of amides is 1. The summed E-state index contributed by atoms with van der Waals surface area (Å²) in [5.41, 5.74) is 3.05. The Morgan fingerprint density at radius 2 is 1.65 bits per heavy atom. The zero-order chi connectivity index (χ0) is 20.8. The first kappa shape index (κ1) is 18.6. The van der Waals surface area contributed by atoms with E-state index in [1.807, 2.05) is 18.2 Å². The molecule has 0 unspecified atom stereocenters. The minimum atomic E-state index is -0.269. The molecule has 6 nitrogen and oxygen atoms in total. The molecule has 6 heteroatoms. The Bertz CT molecular complexity index is 1080. The zero-order valence-corrected chi connectivity index (χ0v) is 17.5. The van der Waals surface area contributed by atoms with E-state index in [2.05, 4.69) is 56.3 Å². The zero-order valence-electron chi connectivity index (χ0n) is 17.5. The van der Waals surface area contributed by atoms with Crippen molar-refractivity contribution in [2.24, 2.45) is 0 Å². The van der Waals surface area contributed by atoms with Gasteiger partial charge >= 0.3 is 0 Å². The summed E-state index contributed by atoms with van der Waals surface area (Å²) in [5, 5.41) is 4.13. The molecule has 1 saturated heterocycles. The van der Waals surface area contributed by atoms with Crippen molar-refractivity contribution in [3.05, 3.63) is 66.1 Å². The summed E-state index contributed by atoms with van der Waals surface area (Å²) < 4.78 is 5.38.